The van der Waals surface area contributed by atoms with Crippen LogP contribution in [0.25, 0.3) is 5.57 Å². The molecule has 1 fully saturated rings. The number of sulfonamides is 1. The van der Waals surface area contributed by atoms with Gasteiger partial charge in [-0.1, -0.05) is 24.3 Å². The number of hydrogen-bond donors (Lipinski definition) is 3. The van der Waals surface area contributed by atoms with Gasteiger partial charge >= 0.3 is 0 Å². The third kappa shape index (κ3) is 6.54. The van der Waals surface area contributed by atoms with Crippen molar-refractivity contribution in [2.24, 2.45) is 0 Å². The van der Waals surface area contributed by atoms with Crippen LogP contribution in [-0.4, -0.2) is 65.3 Å². The highest BCUT2D eigenvalue weighted by Crippen LogP contribution is 2.33. The number of nitrogens with one attached hydrogen (secondary N) is 3. The van der Waals surface area contributed by atoms with Gasteiger partial charge < -0.3 is 25.2 Å². The lowest BCUT2D eigenvalue weighted by Crippen LogP contribution is -2.44. The van der Waals surface area contributed by atoms with Crippen molar-refractivity contribution < 1.29 is 22.7 Å². The van der Waals surface area contributed by atoms with Gasteiger partial charge in [-0.3, -0.25) is 14.3 Å². The molecule has 230 valence electrons. The molecule has 4 aromatic rings. The molecule has 0 bridgehead atoms. The third-order valence-corrected chi connectivity index (χ3v) is 9.33. The molecule has 2 aliphatic heterocycles. The first-order valence-electron chi connectivity index (χ1n) is 14.5. The summed E-state index contributed by atoms with van der Waals surface area (Å²) < 4.78 is 33.4. The number of piperazine rings is 1. The van der Waals surface area contributed by atoms with Crippen molar-refractivity contribution in [3.8, 4) is 5.75 Å². The Balaban J connectivity index is 1.14. The van der Waals surface area contributed by atoms with Crippen molar-refractivity contribution in [1.82, 2.24) is 4.90 Å². The maximum Gasteiger partial charge on any atom is 0.261 e. The van der Waals surface area contributed by atoms with Crippen LogP contribution in [0.3, 0.4) is 0 Å². The minimum atomic E-state index is -3.88. The number of carbonyl (C=O) groups excluding carboxylic acids is 2. The van der Waals surface area contributed by atoms with Gasteiger partial charge in [0, 0.05) is 71.8 Å². The lowest BCUT2D eigenvalue weighted by Gasteiger charge is -2.34. The minimum absolute atomic E-state index is 0.0652. The fourth-order valence-corrected chi connectivity index (χ4v) is 6.38. The van der Waals surface area contributed by atoms with Gasteiger partial charge in [0.05, 0.1) is 17.6 Å². The molecular weight excluding hydrogens is 590 g/mol. The number of nitrogens with zero attached hydrogens (tertiary/aromatic N) is 2. The molecule has 0 unspecified atom stereocenters. The Hall–Kier alpha value is -5.13. The highest BCUT2D eigenvalue weighted by Gasteiger charge is 2.26. The SMILES string of the molecule is COc1ccc(S(=O)(=O)Nc2cccc(C(=O)c3ccc4c(c3)NC(=O)/C4=C/Nc3ccc(N4CCN(C)CC4)cc3)c2)cc1. The zero-order chi connectivity index (χ0) is 31.6. The first-order valence-corrected chi connectivity index (χ1v) is 16.0. The molecule has 10 nitrogen and oxygen atoms in total. The molecule has 2 aliphatic rings. The molecule has 0 atom stereocenters. The first-order chi connectivity index (χ1) is 21.7. The molecule has 3 N–H and O–H groups in total. The number of carbonyl (C=O) groups is 2. The number of ether oxygens (including phenoxy) is 1. The number of methoxy groups -OCH3 is 1. The lowest BCUT2D eigenvalue weighted by atomic mass is 9.99. The van der Waals surface area contributed by atoms with Gasteiger partial charge in [-0.15, -0.1) is 0 Å². The van der Waals surface area contributed by atoms with Crippen molar-refractivity contribution in [2.75, 3.05) is 60.6 Å². The smallest absolute Gasteiger partial charge is 0.261 e. The van der Waals surface area contributed by atoms with E-state index in [1.807, 2.05) is 12.1 Å². The van der Waals surface area contributed by atoms with Crippen LogP contribution in [0.4, 0.5) is 22.7 Å². The molecule has 11 heteroatoms. The molecular formula is C34H33N5O5S. The van der Waals surface area contributed by atoms with Crippen LogP contribution in [-0.2, 0) is 14.8 Å². The summed E-state index contributed by atoms with van der Waals surface area (Å²) in [6.45, 7) is 4.05. The molecule has 0 radical (unpaired) electrons. The summed E-state index contributed by atoms with van der Waals surface area (Å²) in [7, 11) is -0.247. The van der Waals surface area contributed by atoms with Crippen LogP contribution in [0.5, 0.6) is 5.75 Å². The van der Waals surface area contributed by atoms with E-state index in [1.54, 1.807) is 54.7 Å². The van der Waals surface area contributed by atoms with E-state index >= 15 is 0 Å². The third-order valence-electron chi connectivity index (χ3n) is 7.93. The quantitative estimate of drug-likeness (QED) is 0.178. The molecule has 45 heavy (non-hydrogen) atoms. The van der Waals surface area contributed by atoms with Crippen LogP contribution in [0, 0.1) is 0 Å². The average molecular weight is 624 g/mol. The van der Waals surface area contributed by atoms with E-state index in [9.17, 15) is 18.0 Å². The van der Waals surface area contributed by atoms with Crippen LogP contribution in [0.1, 0.15) is 21.5 Å². The zero-order valence-electron chi connectivity index (χ0n) is 24.9. The van der Waals surface area contributed by atoms with Gasteiger partial charge in [0.2, 0.25) is 0 Å². The number of anilines is 4. The Bertz CT molecular complexity index is 1880. The van der Waals surface area contributed by atoms with Gasteiger partial charge in [-0.05, 0) is 73.8 Å². The van der Waals surface area contributed by atoms with Crippen molar-refractivity contribution in [3.63, 3.8) is 0 Å². The molecule has 1 amide bonds. The Labute approximate surface area is 262 Å². The maximum atomic E-state index is 13.4. The van der Waals surface area contributed by atoms with E-state index in [-0.39, 0.29) is 22.3 Å². The fourth-order valence-electron chi connectivity index (χ4n) is 5.33. The first kappa shape index (κ1) is 29.9. The standard InChI is InChI=1S/C34H33N5O5S/c1-38-16-18-39(19-17-38)27-9-7-25(8-10-27)35-22-31-30-15-6-24(21-32(30)36-34(31)41)33(40)23-4-3-5-26(20-23)37-45(42,43)29-13-11-28(44-2)12-14-29/h3-15,20-22,35,37H,16-19H2,1-2H3,(H,36,41)/b31-22+. The zero-order valence-corrected chi connectivity index (χ0v) is 25.7. The summed E-state index contributed by atoms with van der Waals surface area (Å²) in [6.07, 6.45) is 1.67. The van der Waals surface area contributed by atoms with Gasteiger partial charge in [0.15, 0.2) is 5.78 Å². The summed E-state index contributed by atoms with van der Waals surface area (Å²) in [4.78, 5) is 31.0. The molecule has 0 aliphatic carbocycles. The van der Waals surface area contributed by atoms with Crippen LogP contribution in [0.15, 0.2) is 102 Å². The van der Waals surface area contributed by atoms with Gasteiger partial charge in [-0.2, -0.15) is 0 Å². The summed E-state index contributed by atoms with van der Waals surface area (Å²) in [6, 6.07) is 25.5. The molecule has 6 rings (SSSR count). The lowest BCUT2D eigenvalue weighted by molar-refractivity contribution is -0.110. The molecule has 4 aromatic carbocycles. The predicted octanol–water partition coefficient (Wildman–Crippen LogP) is 4.88. The Morgan fingerprint density at radius 1 is 0.867 bits per heavy atom. The number of rotatable bonds is 9. The normalized spacial score (nSPS) is 15.8. The summed E-state index contributed by atoms with van der Waals surface area (Å²) in [5.41, 5.74) is 4.60. The number of fused-ring (bicyclic) bond motifs is 1. The topological polar surface area (TPSA) is 120 Å². The van der Waals surface area contributed by atoms with Crippen LogP contribution in [0.2, 0.25) is 0 Å². The average Bonchev–Trinajstić information content (AvgIpc) is 3.37. The van der Waals surface area contributed by atoms with Gasteiger partial charge in [0.1, 0.15) is 5.75 Å². The number of likely N-dealkylation sites (N-methyl/N-ethyl adjacent to an activating group) is 1. The van der Waals surface area contributed by atoms with E-state index in [1.165, 1.54) is 31.0 Å². The van der Waals surface area contributed by atoms with E-state index in [4.69, 9.17) is 4.74 Å². The molecule has 1 saturated heterocycles. The second-order valence-electron chi connectivity index (χ2n) is 10.9. The monoisotopic (exact) mass is 623 g/mol. The van der Waals surface area contributed by atoms with Gasteiger partial charge in [0.25, 0.3) is 15.9 Å². The summed E-state index contributed by atoms with van der Waals surface area (Å²) >= 11 is 0. The van der Waals surface area contributed by atoms with E-state index in [0.717, 1.165) is 31.9 Å². The Morgan fingerprint density at radius 3 is 2.29 bits per heavy atom. The number of amides is 1. The molecule has 0 aromatic heterocycles. The Morgan fingerprint density at radius 2 is 1.58 bits per heavy atom. The summed E-state index contributed by atoms with van der Waals surface area (Å²) in [5.74, 6) is -0.0444. The maximum absolute atomic E-state index is 13.4. The predicted molar refractivity (Wildman–Crippen MR) is 177 cm³/mol. The van der Waals surface area contributed by atoms with Gasteiger partial charge in [-0.25, -0.2) is 8.42 Å². The minimum Gasteiger partial charge on any atom is -0.497 e. The van der Waals surface area contributed by atoms with E-state index in [2.05, 4.69) is 44.3 Å². The summed E-state index contributed by atoms with van der Waals surface area (Å²) in [5, 5.41) is 6.07. The molecule has 2 heterocycles. The largest absolute Gasteiger partial charge is 0.497 e. The number of hydrogen-bond acceptors (Lipinski definition) is 8. The van der Waals surface area contributed by atoms with Crippen molar-refractivity contribution in [1.29, 1.82) is 0 Å². The van der Waals surface area contributed by atoms with Crippen LogP contribution >= 0.6 is 0 Å². The van der Waals surface area contributed by atoms with Crippen molar-refractivity contribution in [3.05, 3.63) is 114 Å². The number of ketones is 1. The van der Waals surface area contributed by atoms with Crippen molar-refractivity contribution >= 4 is 50.0 Å². The molecule has 0 spiro atoms. The van der Waals surface area contributed by atoms with E-state index in [0.29, 0.717) is 33.7 Å². The highest BCUT2D eigenvalue weighted by molar-refractivity contribution is 7.92. The fraction of sp³-hybridized carbons (Fsp3) is 0.176. The number of benzene rings is 4. The van der Waals surface area contributed by atoms with Crippen molar-refractivity contribution in [2.45, 2.75) is 4.90 Å². The Kier molecular flexibility index (Phi) is 8.29. The second-order valence-corrected chi connectivity index (χ2v) is 12.6. The van der Waals surface area contributed by atoms with Crippen LogP contribution < -0.4 is 25.0 Å². The molecule has 0 saturated carbocycles. The van der Waals surface area contributed by atoms with E-state index < -0.39 is 10.0 Å². The second kappa shape index (κ2) is 12.5. The highest BCUT2D eigenvalue weighted by atomic mass is 32.2.